The van der Waals surface area contributed by atoms with Crippen LogP contribution >= 0.6 is 10.7 Å². The summed E-state index contributed by atoms with van der Waals surface area (Å²) in [6.45, 7) is 5.65. The first-order chi connectivity index (χ1) is 9.54. The molecule has 0 aromatic heterocycles. The van der Waals surface area contributed by atoms with Crippen LogP contribution in [0.5, 0.6) is 0 Å². The fourth-order valence-electron chi connectivity index (χ4n) is 1.58. The molecule has 7 heteroatoms. The lowest BCUT2D eigenvalue weighted by Gasteiger charge is -2.19. The molecular formula is C14H20ClNO4S. The Kier molecular flexibility index (Phi) is 5.64. The van der Waals surface area contributed by atoms with E-state index < -0.39 is 15.0 Å². The summed E-state index contributed by atoms with van der Waals surface area (Å²) in [5, 5.41) is 0. The number of halogens is 1. The Morgan fingerprint density at radius 3 is 2.24 bits per heavy atom. The van der Waals surface area contributed by atoms with Crippen LogP contribution in [-0.4, -0.2) is 34.6 Å². The summed E-state index contributed by atoms with van der Waals surface area (Å²) in [5.41, 5.74) is 0.575. The van der Waals surface area contributed by atoms with Crippen LogP contribution in [0.2, 0.25) is 0 Å². The number of carbonyl (C=O) groups is 1. The molecule has 0 aliphatic heterocycles. The van der Waals surface area contributed by atoms with Gasteiger partial charge in [0.1, 0.15) is 11.0 Å². The van der Waals surface area contributed by atoms with Gasteiger partial charge in [0.05, 0.1) is 11.3 Å². The first kappa shape index (κ1) is 17.8. The second-order valence-electron chi connectivity index (χ2n) is 5.37. The molecule has 0 radical (unpaired) electrons. The molecule has 0 bridgehead atoms. The van der Waals surface area contributed by atoms with Gasteiger partial charge in [0, 0.05) is 24.8 Å². The third-order valence-corrected chi connectivity index (χ3v) is 4.52. The molecule has 5 nitrogen and oxygen atoms in total. The Morgan fingerprint density at radius 2 is 1.81 bits per heavy atom. The number of hydrogen-bond donors (Lipinski definition) is 0. The van der Waals surface area contributed by atoms with Gasteiger partial charge in [-0.3, -0.25) is 0 Å². The lowest BCUT2D eigenvalue weighted by Crippen LogP contribution is -2.20. The molecule has 0 aliphatic rings. The van der Waals surface area contributed by atoms with Crippen molar-refractivity contribution in [3.8, 4) is 0 Å². The molecule has 0 heterocycles. The normalized spacial score (nSPS) is 13.1. The van der Waals surface area contributed by atoms with Crippen molar-refractivity contribution in [1.29, 1.82) is 0 Å². The van der Waals surface area contributed by atoms with Crippen molar-refractivity contribution >= 4 is 31.4 Å². The Balaban J connectivity index is 3.20. The van der Waals surface area contributed by atoms with Crippen molar-refractivity contribution in [3.05, 3.63) is 23.8 Å². The number of nitrogens with zero attached hydrogens (tertiary/aromatic N) is 1. The highest BCUT2D eigenvalue weighted by Crippen LogP contribution is 2.28. The lowest BCUT2D eigenvalue weighted by atomic mass is 10.1. The largest absolute Gasteiger partial charge is 0.459 e. The fourth-order valence-corrected chi connectivity index (χ4v) is 2.72. The van der Waals surface area contributed by atoms with Gasteiger partial charge in [0.25, 0.3) is 9.05 Å². The molecule has 0 amide bonds. The monoisotopic (exact) mass is 333 g/mol. The van der Waals surface area contributed by atoms with E-state index in [9.17, 15) is 13.2 Å². The molecule has 21 heavy (non-hydrogen) atoms. The van der Waals surface area contributed by atoms with E-state index in [0.29, 0.717) is 5.69 Å². The van der Waals surface area contributed by atoms with Crippen LogP contribution in [-0.2, 0) is 13.8 Å². The number of anilines is 1. The van der Waals surface area contributed by atoms with E-state index in [-0.39, 0.29) is 22.5 Å². The van der Waals surface area contributed by atoms with E-state index in [1.54, 1.807) is 25.9 Å². The third kappa shape index (κ3) is 4.61. The second-order valence-corrected chi connectivity index (χ2v) is 7.90. The molecule has 1 atom stereocenters. The smallest absolute Gasteiger partial charge is 0.338 e. The first-order valence-corrected chi connectivity index (χ1v) is 8.82. The highest BCUT2D eigenvalue weighted by atomic mass is 35.7. The van der Waals surface area contributed by atoms with Crippen LogP contribution in [0, 0.1) is 5.92 Å². The van der Waals surface area contributed by atoms with Crippen molar-refractivity contribution < 1.29 is 17.9 Å². The van der Waals surface area contributed by atoms with Gasteiger partial charge in [-0.25, -0.2) is 13.2 Å². The Bertz CT molecular complexity index is 626. The predicted molar refractivity (Wildman–Crippen MR) is 83.5 cm³/mol. The number of esters is 1. The highest BCUT2D eigenvalue weighted by molar-refractivity contribution is 8.13. The third-order valence-electron chi connectivity index (χ3n) is 3.17. The first-order valence-electron chi connectivity index (χ1n) is 6.51. The van der Waals surface area contributed by atoms with Crippen LogP contribution in [0.4, 0.5) is 5.69 Å². The van der Waals surface area contributed by atoms with Gasteiger partial charge in [-0.1, -0.05) is 13.8 Å². The number of ether oxygens (including phenoxy) is 1. The van der Waals surface area contributed by atoms with Gasteiger partial charge in [-0.05, 0) is 31.0 Å². The summed E-state index contributed by atoms with van der Waals surface area (Å²) >= 11 is 0. The van der Waals surface area contributed by atoms with Crippen molar-refractivity contribution in [2.24, 2.45) is 5.92 Å². The molecule has 0 N–H and O–H groups in total. The summed E-state index contributed by atoms with van der Waals surface area (Å²) in [7, 11) is 4.87. The predicted octanol–water partition coefficient (Wildman–Crippen LogP) is 2.88. The molecular weight excluding hydrogens is 314 g/mol. The average molecular weight is 334 g/mol. The molecule has 1 unspecified atom stereocenters. The fraction of sp³-hybridized carbons (Fsp3) is 0.500. The van der Waals surface area contributed by atoms with Crippen molar-refractivity contribution in [2.45, 2.75) is 31.8 Å². The lowest BCUT2D eigenvalue weighted by molar-refractivity contribution is 0.0238. The molecule has 0 saturated carbocycles. The number of carbonyl (C=O) groups excluding carboxylic acids is 1. The van der Waals surface area contributed by atoms with Crippen molar-refractivity contribution in [3.63, 3.8) is 0 Å². The summed E-state index contributed by atoms with van der Waals surface area (Å²) < 4.78 is 28.6. The van der Waals surface area contributed by atoms with Gasteiger partial charge in [0.2, 0.25) is 0 Å². The van der Waals surface area contributed by atoms with E-state index in [4.69, 9.17) is 15.4 Å². The molecule has 0 fully saturated rings. The molecule has 1 aromatic carbocycles. The van der Waals surface area contributed by atoms with Crippen LogP contribution in [0.25, 0.3) is 0 Å². The molecule has 0 aliphatic carbocycles. The number of hydrogen-bond acceptors (Lipinski definition) is 5. The standard InChI is InChI=1S/C14H20ClNO4S/c1-9(2)10(3)20-14(17)11-6-7-12(16(4)5)13(8-11)21(15,18)19/h6-10H,1-5H3. The topological polar surface area (TPSA) is 63.7 Å². The maximum atomic E-state index is 12.0. The van der Waals surface area contributed by atoms with Crippen molar-refractivity contribution in [1.82, 2.24) is 0 Å². The SMILES string of the molecule is CC(C)C(C)OC(=O)c1ccc(N(C)C)c(S(=O)(=O)Cl)c1. The van der Waals surface area contributed by atoms with E-state index in [1.165, 1.54) is 18.2 Å². The average Bonchev–Trinajstić information content (AvgIpc) is 2.36. The molecule has 118 valence electrons. The Hall–Kier alpha value is -1.27. The summed E-state index contributed by atoms with van der Waals surface area (Å²) in [6.07, 6.45) is -0.262. The van der Waals surface area contributed by atoms with E-state index in [0.717, 1.165) is 0 Å². The van der Waals surface area contributed by atoms with E-state index in [2.05, 4.69) is 0 Å². The minimum atomic E-state index is -3.96. The molecule has 1 aromatic rings. The van der Waals surface area contributed by atoms with Gasteiger partial charge >= 0.3 is 5.97 Å². The Labute approximate surface area is 130 Å². The summed E-state index contributed by atoms with van der Waals surface area (Å²) in [5.74, 6) is -0.394. The van der Waals surface area contributed by atoms with Crippen LogP contribution in [0.15, 0.2) is 23.1 Å². The van der Waals surface area contributed by atoms with Gasteiger partial charge in [-0.2, -0.15) is 0 Å². The number of rotatable bonds is 5. The quantitative estimate of drug-likeness (QED) is 0.612. The molecule has 0 spiro atoms. The summed E-state index contributed by atoms with van der Waals surface area (Å²) in [4.78, 5) is 13.5. The maximum Gasteiger partial charge on any atom is 0.338 e. The number of benzene rings is 1. The van der Waals surface area contributed by atoms with Gasteiger partial charge < -0.3 is 9.64 Å². The molecule has 0 saturated heterocycles. The van der Waals surface area contributed by atoms with E-state index >= 15 is 0 Å². The van der Waals surface area contributed by atoms with Crippen LogP contribution < -0.4 is 4.90 Å². The maximum absolute atomic E-state index is 12.0. The zero-order valence-electron chi connectivity index (χ0n) is 12.8. The van der Waals surface area contributed by atoms with Crippen molar-refractivity contribution in [2.75, 3.05) is 19.0 Å². The van der Waals surface area contributed by atoms with Gasteiger partial charge in [-0.15, -0.1) is 0 Å². The molecule has 1 rings (SSSR count). The zero-order chi connectivity index (χ0) is 16.4. The van der Waals surface area contributed by atoms with Gasteiger partial charge in [0.15, 0.2) is 0 Å². The second kappa shape index (κ2) is 6.66. The highest BCUT2D eigenvalue weighted by Gasteiger charge is 2.21. The zero-order valence-corrected chi connectivity index (χ0v) is 14.3. The van der Waals surface area contributed by atoms with Crippen LogP contribution in [0.1, 0.15) is 31.1 Å². The summed E-state index contributed by atoms with van der Waals surface area (Å²) in [6, 6.07) is 4.30. The Morgan fingerprint density at radius 1 is 1.24 bits per heavy atom. The minimum absolute atomic E-state index is 0.110. The van der Waals surface area contributed by atoms with E-state index in [1.807, 2.05) is 13.8 Å². The minimum Gasteiger partial charge on any atom is -0.459 e. The van der Waals surface area contributed by atoms with Crippen LogP contribution in [0.3, 0.4) is 0 Å².